The molecule has 2 aromatic rings. The number of benzene rings is 1. The molecule has 2 rings (SSSR count). The van der Waals surface area contributed by atoms with E-state index in [-0.39, 0.29) is 0 Å². The summed E-state index contributed by atoms with van der Waals surface area (Å²) >= 11 is 0. The Hall–Kier alpha value is -1.31. The first-order valence-electron chi connectivity index (χ1n) is 6.09. The fourth-order valence-electron chi connectivity index (χ4n) is 2.09. The average molecular weight is 216 g/mol. The van der Waals surface area contributed by atoms with Crippen LogP contribution in [0.15, 0.2) is 24.3 Å². The maximum Gasteiger partial charge on any atom is 0.109 e. The second-order valence-electron chi connectivity index (χ2n) is 4.86. The van der Waals surface area contributed by atoms with Gasteiger partial charge in [0.05, 0.1) is 11.0 Å². The number of rotatable bonds is 4. The Kier molecular flexibility index (Phi) is 3.28. The number of aryl methyl sites for hydroxylation is 2. The fourth-order valence-corrected chi connectivity index (χ4v) is 2.09. The van der Waals surface area contributed by atoms with Crippen LogP contribution in [0.2, 0.25) is 0 Å². The molecule has 0 radical (unpaired) electrons. The van der Waals surface area contributed by atoms with Crippen molar-refractivity contribution in [1.29, 1.82) is 0 Å². The van der Waals surface area contributed by atoms with Gasteiger partial charge in [0.25, 0.3) is 0 Å². The van der Waals surface area contributed by atoms with E-state index in [1.165, 1.54) is 24.2 Å². The van der Waals surface area contributed by atoms with E-state index < -0.39 is 0 Å². The van der Waals surface area contributed by atoms with Crippen LogP contribution in [0.25, 0.3) is 11.0 Å². The first-order chi connectivity index (χ1) is 7.68. The molecule has 0 amide bonds. The summed E-state index contributed by atoms with van der Waals surface area (Å²) in [6.45, 7) is 4.55. The summed E-state index contributed by atoms with van der Waals surface area (Å²) in [4.78, 5) is 4.67. The van der Waals surface area contributed by atoms with Crippen molar-refractivity contribution in [3.8, 4) is 0 Å². The Balaban J connectivity index is 2.15. The highest BCUT2D eigenvalue weighted by Crippen LogP contribution is 2.16. The zero-order valence-corrected chi connectivity index (χ0v) is 10.4. The third kappa shape index (κ3) is 2.26. The van der Waals surface area contributed by atoms with Crippen molar-refractivity contribution in [2.45, 2.75) is 33.1 Å². The SMILES string of the molecule is CC(C)CCCc1nc2ccccc2n1C. The second-order valence-corrected chi connectivity index (χ2v) is 4.86. The Bertz CT molecular complexity index is 469. The summed E-state index contributed by atoms with van der Waals surface area (Å²) in [7, 11) is 2.11. The number of aromatic nitrogens is 2. The zero-order valence-electron chi connectivity index (χ0n) is 10.4. The Labute approximate surface area is 97.3 Å². The van der Waals surface area contributed by atoms with Crippen LogP contribution < -0.4 is 0 Å². The molecule has 1 aromatic carbocycles. The lowest BCUT2D eigenvalue weighted by atomic mass is 10.1. The lowest BCUT2D eigenvalue weighted by Crippen LogP contribution is -1.99. The van der Waals surface area contributed by atoms with Crippen LogP contribution in [0.1, 0.15) is 32.5 Å². The molecule has 86 valence electrons. The highest BCUT2D eigenvalue weighted by Gasteiger charge is 2.06. The quantitative estimate of drug-likeness (QED) is 0.764. The van der Waals surface area contributed by atoms with Gasteiger partial charge in [0, 0.05) is 13.5 Å². The Morgan fingerprint density at radius 2 is 2.00 bits per heavy atom. The predicted octanol–water partition coefficient (Wildman–Crippen LogP) is 3.55. The molecule has 0 aliphatic carbocycles. The number of hydrogen-bond donors (Lipinski definition) is 0. The number of fused-ring (bicyclic) bond motifs is 1. The maximum absolute atomic E-state index is 4.67. The maximum atomic E-state index is 4.67. The summed E-state index contributed by atoms with van der Waals surface area (Å²) < 4.78 is 2.22. The third-order valence-electron chi connectivity index (χ3n) is 3.06. The van der Waals surface area contributed by atoms with E-state index in [0.717, 1.165) is 17.9 Å². The van der Waals surface area contributed by atoms with Crippen molar-refractivity contribution < 1.29 is 0 Å². The average Bonchev–Trinajstić information content (AvgIpc) is 2.56. The molecule has 1 aromatic heterocycles. The molecule has 0 spiro atoms. The van der Waals surface area contributed by atoms with Crippen LogP contribution in [-0.2, 0) is 13.5 Å². The Morgan fingerprint density at radius 1 is 1.25 bits per heavy atom. The molecular weight excluding hydrogens is 196 g/mol. The third-order valence-corrected chi connectivity index (χ3v) is 3.06. The first-order valence-corrected chi connectivity index (χ1v) is 6.09. The van der Waals surface area contributed by atoms with Crippen LogP contribution in [0.4, 0.5) is 0 Å². The standard InChI is InChI=1S/C14H20N2/c1-11(2)7-6-10-14-15-12-8-4-5-9-13(12)16(14)3/h4-5,8-9,11H,6-7,10H2,1-3H3. The topological polar surface area (TPSA) is 17.8 Å². The van der Waals surface area contributed by atoms with Crippen molar-refractivity contribution in [3.05, 3.63) is 30.1 Å². The van der Waals surface area contributed by atoms with Gasteiger partial charge in [-0.1, -0.05) is 32.4 Å². The van der Waals surface area contributed by atoms with E-state index in [4.69, 9.17) is 0 Å². The molecule has 0 fully saturated rings. The molecule has 2 heteroatoms. The number of para-hydroxylation sites is 2. The fraction of sp³-hybridized carbons (Fsp3) is 0.500. The van der Waals surface area contributed by atoms with Crippen molar-refractivity contribution in [2.75, 3.05) is 0 Å². The summed E-state index contributed by atoms with van der Waals surface area (Å²) in [5, 5.41) is 0. The second kappa shape index (κ2) is 4.69. The van der Waals surface area contributed by atoms with Gasteiger partial charge in [0.2, 0.25) is 0 Å². The van der Waals surface area contributed by atoms with E-state index >= 15 is 0 Å². The van der Waals surface area contributed by atoms with Crippen LogP contribution in [0.3, 0.4) is 0 Å². The lowest BCUT2D eigenvalue weighted by Gasteiger charge is -2.04. The van der Waals surface area contributed by atoms with Crippen molar-refractivity contribution in [2.24, 2.45) is 13.0 Å². The number of nitrogens with zero attached hydrogens (tertiary/aromatic N) is 2. The predicted molar refractivity (Wildman–Crippen MR) is 68.5 cm³/mol. The molecule has 0 aliphatic rings. The van der Waals surface area contributed by atoms with Crippen LogP contribution >= 0.6 is 0 Å². The monoisotopic (exact) mass is 216 g/mol. The molecule has 16 heavy (non-hydrogen) atoms. The zero-order chi connectivity index (χ0) is 11.5. The van der Waals surface area contributed by atoms with E-state index in [2.05, 4.69) is 48.6 Å². The van der Waals surface area contributed by atoms with Gasteiger partial charge in [-0.25, -0.2) is 4.98 Å². The minimum absolute atomic E-state index is 0.787. The summed E-state index contributed by atoms with van der Waals surface area (Å²) in [6.07, 6.45) is 3.60. The normalized spacial score (nSPS) is 11.5. The Morgan fingerprint density at radius 3 is 2.69 bits per heavy atom. The van der Waals surface area contributed by atoms with E-state index in [9.17, 15) is 0 Å². The largest absolute Gasteiger partial charge is 0.331 e. The number of hydrogen-bond acceptors (Lipinski definition) is 1. The molecule has 0 atom stereocenters. The molecule has 0 saturated carbocycles. The van der Waals surface area contributed by atoms with Gasteiger partial charge in [-0.2, -0.15) is 0 Å². The lowest BCUT2D eigenvalue weighted by molar-refractivity contribution is 0.546. The summed E-state index contributed by atoms with van der Waals surface area (Å²) in [6, 6.07) is 8.34. The molecule has 0 aliphatic heterocycles. The summed E-state index contributed by atoms with van der Waals surface area (Å²) in [5.74, 6) is 2.00. The van der Waals surface area contributed by atoms with E-state index in [1.54, 1.807) is 0 Å². The molecule has 0 saturated heterocycles. The molecular formula is C14H20N2. The molecule has 0 N–H and O–H groups in total. The van der Waals surface area contributed by atoms with Gasteiger partial charge in [-0.15, -0.1) is 0 Å². The molecule has 1 heterocycles. The van der Waals surface area contributed by atoms with E-state index in [0.29, 0.717) is 0 Å². The van der Waals surface area contributed by atoms with Crippen molar-refractivity contribution in [1.82, 2.24) is 9.55 Å². The molecule has 0 bridgehead atoms. The number of imidazole rings is 1. The van der Waals surface area contributed by atoms with Gasteiger partial charge < -0.3 is 4.57 Å². The molecule has 2 nitrogen and oxygen atoms in total. The van der Waals surface area contributed by atoms with Gasteiger partial charge >= 0.3 is 0 Å². The molecule has 0 unspecified atom stereocenters. The smallest absolute Gasteiger partial charge is 0.109 e. The van der Waals surface area contributed by atoms with Crippen molar-refractivity contribution in [3.63, 3.8) is 0 Å². The van der Waals surface area contributed by atoms with E-state index in [1.807, 2.05) is 6.07 Å². The van der Waals surface area contributed by atoms with Crippen molar-refractivity contribution >= 4 is 11.0 Å². The first kappa shape index (κ1) is 11.2. The van der Waals surface area contributed by atoms with Gasteiger partial charge in [0.15, 0.2) is 0 Å². The summed E-state index contributed by atoms with van der Waals surface area (Å²) in [5.41, 5.74) is 2.35. The van der Waals surface area contributed by atoms with Gasteiger partial charge in [-0.05, 0) is 24.5 Å². The van der Waals surface area contributed by atoms with Crippen LogP contribution in [0, 0.1) is 5.92 Å². The highest BCUT2D eigenvalue weighted by atomic mass is 15.1. The van der Waals surface area contributed by atoms with Crippen LogP contribution in [0.5, 0.6) is 0 Å². The van der Waals surface area contributed by atoms with Gasteiger partial charge in [-0.3, -0.25) is 0 Å². The van der Waals surface area contributed by atoms with Crippen LogP contribution in [-0.4, -0.2) is 9.55 Å². The van der Waals surface area contributed by atoms with Gasteiger partial charge in [0.1, 0.15) is 5.82 Å². The highest BCUT2D eigenvalue weighted by molar-refractivity contribution is 5.75. The minimum Gasteiger partial charge on any atom is -0.331 e. The minimum atomic E-state index is 0.787.